The zero-order valence-corrected chi connectivity index (χ0v) is 12.3. The first-order valence-corrected chi connectivity index (χ1v) is 7.42. The van der Waals surface area contributed by atoms with Crippen molar-refractivity contribution in [2.45, 2.75) is 13.5 Å². The predicted molar refractivity (Wildman–Crippen MR) is 74.4 cm³/mol. The third kappa shape index (κ3) is 2.17. The van der Waals surface area contributed by atoms with E-state index in [9.17, 15) is 0 Å². The van der Waals surface area contributed by atoms with Crippen molar-refractivity contribution < 1.29 is 4.42 Å². The Morgan fingerprint density at radius 2 is 2.19 bits per heavy atom. The fourth-order valence-electron chi connectivity index (χ4n) is 1.77. The first kappa shape index (κ1) is 12.1. The van der Waals surface area contributed by atoms with Gasteiger partial charge in [0.05, 0.1) is 4.47 Å². The summed E-state index contributed by atoms with van der Waals surface area (Å²) in [7, 11) is 2.95. The molecule has 1 aromatic heterocycles. The fraction of sp³-hybridized carbons (Fsp3) is 0.333. The molecule has 1 atom stereocenters. The molecule has 0 N–H and O–H groups in total. The second kappa shape index (κ2) is 4.87. The first-order valence-electron chi connectivity index (χ1n) is 5.18. The molecule has 86 valence electrons. The summed E-state index contributed by atoms with van der Waals surface area (Å²) in [4.78, 5) is 0. The minimum atomic E-state index is 0.814. The number of hydrogen-bond donors (Lipinski definition) is 0. The van der Waals surface area contributed by atoms with Crippen LogP contribution in [-0.2, 0) is 6.54 Å². The summed E-state index contributed by atoms with van der Waals surface area (Å²) in [6.45, 7) is 5.17. The molecule has 0 amide bonds. The van der Waals surface area contributed by atoms with Gasteiger partial charge in [-0.1, -0.05) is 20.9 Å². The van der Waals surface area contributed by atoms with Crippen LogP contribution >= 0.6 is 24.7 Å². The van der Waals surface area contributed by atoms with E-state index in [0.717, 1.165) is 31.1 Å². The second-order valence-corrected chi connectivity index (χ2v) is 5.90. The molecule has 4 heteroatoms. The Morgan fingerprint density at radius 1 is 1.44 bits per heavy atom. The Hall–Kier alpha value is -0.370. The molecule has 0 fully saturated rings. The van der Waals surface area contributed by atoms with Gasteiger partial charge in [0.2, 0.25) is 0 Å². The van der Waals surface area contributed by atoms with Crippen molar-refractivity contribution in [3.05, 3.63) is 34.0 Å². The molecule has 0 bridgehead atoms. The third-order valence-corrected chi connectivity index (χ3v) is 4.30. The Morgan fingerprint density at radius 3 is 2.88 bits per heavy atom. The number of furan rings is 1. The molecule has 0 aliphatic heterocycles. The Labute approximate surface area is 106 Å². The standard InChI is InChI=1S/C12H15BrNOP/c1-8-10(7-14(2)16-3)9-5-4-6-11(13)12(9)15-8/h4-6,16H,7H2,1-3H3. The van der Waals surface area contributed by atoms with Crippen molar-refractivity contribution in [3.8, 4) is 0 Å². The SMILES string of the molecule is CPN(C)Cc1c(C)oc2c(Br)cccc12. The van der Waals surface area contributed by atoms with Crippen molar-refractivity contribution >= 4 is 35.6 Å². The van der Waals surface area contributed by atoms with Crippen molar-refractivity contribution in [1.29, 1.82) is 0 Å². The number of hydrogen-bond acceptors (Lipinski definition) is 2. The van der Waals surface area contributed by atoms with Crippen LogP contribution in [0.2, 0.25) is 0 Å². The predicted octanol–water partition coefficient (Wildman–Crippen LogP) is 4.16. The quantitative estimate of drug-likeness (QED) is 0.791. The van der Waals surface area contributed by atoms with Crippen molar-refractivity contribution in [3.63, 3.8) is 0 Å². The molecule has 2 rings (SSSR count). The summed E-state index contributed by atoms with van der Waals surface area (Å²) in [6, 6.07) is 6.19. The van der Waals surface area contributed by atoms with Gasteiger partial charge in [-0.2, -0.15) is 0 Å². The lowest BCUT2D eigenvalue weighted by Crippen LogP contribution is -2.06. The van der Waals surface area contributed by atoms with E-state index in [1.54, 1.807) is 0 Å². The molecule has 0 aliphatic carbocycles. The molecule has 0 radical (unpaired) electrons. The van der Waals surface area contributed by atoms with Crippen LogP contribution in [0.15, 0.2) is 27.1 Å². The van der Waals surface area contributed by atoms with Crippen LogP contribution < -0.4 is 0 Å². The molecule has 0 saturated carbocycles. The zero-order valence-electron chi connectivity index (χ0n) is 9.67. The highest BCUT2D eigenvalue weighted by Crippen LogP contribution is 2.32. The van der Waals surface area contributed by atoms with Crippen LogP contribution in [0.5, 0.6) is 0 Å². The monoisotopic (exact) mass is 299 g/mol. The van der Waals surface area contributed by atoms with Crippen LogP contribution in [0.3, 0.4) is 0 Å². The smallest absolute Gasteiger partial charge is 0.148 e. The lowest BCUT2D eigenvalue weighted by molar-refractivity contribution is 0.527. The molecule has 1 aromatic carbocycles. The summed E-state index contributed by atoms with van der Waals surface area (Å²) in [5.41, 5.74) is 2.26. The van der Waals surface area contributed by atoms with Gasteiger partial charge in [-0.25, -0.2) is 0 Å². The lowest BCUT2D eigenvalue weighted by Gasteiger charge is -2.12. The molecule has 0 saturated heterocycles. The molecule has 2 aromatic rings. The Bertz CT molecular complexity index is 509. The zero-order chi connectivity index (χ0) is 11.7. The minimum Gasteiger partial charge on any atom is -0.460 e. The second-order valence-electron chi connectivity index (χ2n) is 3.83. The van der Waals surface area contributed by atoms with Gasteiger partial charge in [0, 0.05) is 17.5 Å². The van der Waals surface area contributed by atoms with Gasteiger partial charge in [-0.3, -0.25) is 4.67 Å². The van der Waals surface area contributed by atoms with Crippen molar-refractivity contribution in [2.75, 3.05) is 13.7 Å². The number of halogens is 1. The van der Waals surface area contributed by atoms with Crippen LogP contribution in [0.25, 0.3) is 11.0 Å². The number of aryl methyl sites for hydroxylation is 1. The van der Waals surface area contributed by atoms with E-state index in [4.69, 9.17) is 4.42 Å². The van der Waals surface area contributed by atoms with E-state index >= 15 is 0 Å². The average molecular weight is 300 g/mol. The molecule has 1 heterocycles. The van der Waals surface area contributed by atoms with Gasteiger partial charge < -0.3 is 4.42 Å². The van der Waals surface area contributed by atoms with Crippen molar-refractivity contribution in [1.82, 2.24) is 4.67 Å². The number of benzene rings is 1. The maximum absolute atomic E-state index is 5.80. The largest absolute Gasteiger partial charge is 0.460 e. The van der Waals surface area contributed by atoms with Crippen LogP contribution in [0, 0.1) is 6.92 Å². The number of para-hydroxylation sites is 1. The van der Waals surface area contributed by atoms with Crippen molar-refractivity contribution in [2.24, 2.45) is 0 Å². The minimum absolute atomic E-state index is 0.814. The van der Waals surface area contributed by atoms with Crippen LogP contribution in [0.4, 0.5) is 0 Å². The fourth-order valence-corrected chi connectivity index (χ4v) is 2.53. The van der Waals surface area contributed by atoms with Gasteiger partial charge in [0.15, 0.2) is 0 Å². The summed E-state index contributed by atoms with van der Waals surface area (Å²) < 4.78 is 9.14. The molecule has 16 heavy (non-hydrogen) atoms. The summed E-state index contributed by atoms with van der Waals surface area (Å²) in [5, 5.41) is 1.22. The van der Waals surface area contributed by atoms with E-state index in [1.807, 2.05) is 13.0 Å². The number of nitrogens with zero attached hydrogens (tertiary/aromatic N) is 1. The number of rotatable bonds is 3. The van der Waals surface area contributed by atoms with E-state index in [-0.39, 0.29) is 0 Å². The van der Waals surface area contributed by atoms with E-state index < -0.39 is 0 Å². The molecule has 0 aliphatic rings. The first-order chi connectivity index (χ1) is 7.63. The van der Waals surface area contributed by atoms with Gasteiger partial charge in [0.1, 0.15) is 11.3 Å². The van der Waals surface area contributed by atoms with Crippen LogP contribution in [-0.4, -0.2) is 18.4 Å². The van der Waals surface area contributed by atoms with E-state index in [1.165, 1.54) is 10.9 Å². The third-order valence-electron chi connectivity index (χ3n) is 2.75. The topological polar surface area (TPSA) is 16.4 Å². The van der Waals surface area contributed by atoms with Gasteiger partial charge in [-0.05, 0) is 42.6 Å². The molecular weight excluding hydrogens is 285 g/mol. The van der Waals surface area contributed by atoms with E-state index in [0.29, 0.717) is 0 Å². The Kier molecular flexibility index (Phi) is 3.68. The van der Waals surface area contributed by atoms with Gasteiger partial charge in [-0.15, -0.1) is 0 Å². The molecule has 0 spiro atoms. The van der Waals surface area contributed by atoms with Crippen LogP contribution in [0.1, 0.15) is 11.3 Å². The highest BCUT2D eigenvalue weighted by atomic mass is 79.9. The summed E-state index contributed by atoms with van der Waals surface area (Å²) in [6.07, 6.45) is 0. The van der Waals surface area contributed by atoms with Gasteiger partial charge in [0.25, 0.3) is 0 Å². The highest BCUT2D eigenvalue weighted by Gasteiger charge is 2.13. The molecule has 2 nitrogen and oxygen atoms in total. The average Bonchev–Trinajstić information content (AvgIpc) is 2.58. The maximum Gasteiger partial charge on any atom is 0.148 e. The summed E-state index contributed by atoms with van der Waals surface area (Å²) in [5.74, 6) is 1.02. The lowest BCUT2D eigenvalue weighted by atomic mass is 10.1. The van der Waals surface area contributed by atoms with E-state index in [2.05, 4.69) is 46.4 Å². The van der Waals surface area contributed by atoms with Gasteiger partial charge >= 0.3 is 0 Å². The maximum atomic E-state index is 5.80. The highest BCUT2D eigenvalue weighted by molar-refractivity contribution is 9.10. The molecule has 1 unspecified atom stereocenters. The molecular formula is C12H15BrNOP. The summed E-state index contributed by atoms with van der Waals surface area (Å²) >= 11 is 3.52. The number of fused-ring (bicyclic) bond motifs is 1. The Balaban J connectivity index is 2.52. The normalized spacial score (nSPS) is 12.3.